The van der Waals surface area contributed by atoms with Crippen LogP contribution < -0.4 is 10.6 Å². The van der Waals surface area contributed by atoms with E-state index in [1.54, 1.807) is 13.3 Å². The van der Waals surface area contributed by atoms with Crippen LogP contribution >= 0.6 is 24.0 Å². The lowest BCUT2D eigenvalue weighted by molar-refractivity contribution is 0.145. The van der Waals surface area contributed by atoms with Crippen LogP contribution in [0.1, 0.15) is 24.6 Å². The fraction of sp³-hybridized carbons (Fsp3) is 0.444. The highest BCUT2D eigenvalue weighted by Crippen LogP contribution is 2.18. The average molecular weight is 458 g/mol. The molecule has 6 nitrogen and oxygen atoms in total. The summed E-state index contributed by atoms with van der Waals surface area (Å²) in [5, 5.41) is 6.47. The van der Waals surface area contributed by atoms with Gasteiger partial charge in [-0.3, -0.25) is 4.99 Å². The highest BCUT2D eigenvalue weighted by molar-refractivity contribution is 14.0. The summed E-state index contributed by atoms with van der Waals surface area (Å²) in [6, 6.07) is 8.12. The van der Waals surface area contributed by atoms with Crippen LogP contribution in [0.4, 0.5) is 0 Å². The summed E-state index contributed by atoms with van der Waals surface area (Å²) in [5.41, 5.74) is 3.03. The summed E-state index contributed by atoms with van der Waals surface area (Å²) in [6.07, 6.45) is 2.61. The van der Waals surface area contributed by atoms with E-state index in [0.29, 0.717) is 12.4 Å². The largest absolute Gasteiger partial charge is 0.444 e. The molecule has 0 bridgehead atoms. The molecule has 0 saturated heterocycles. The molecule has 0 aliphatic rings. The number of ether oxygens (including phenoxy) is 1. The van der Waals surface area contributed by atoms with Crippen molar-refractivity contribution in [3.05, 3.63) is 41.8 Å². The lowest BCUT2D eigenvalue weighted by atomic mass is 10.1. The maximum absolute atomic E-state index is 5.55. The molecule has 1 aromatic carbocycles. The topological polar surface area (TPSA) is 71.7 Å². The number of nitrogens with zero attached hydrogens (tertiary/aromatic N) is 2. The second kappa shape index (κ2) is 11.9. The molecule has 2 aromatic rings. The third kappa shape index (κ3) is 7.43. The highest BCUT2D eigenvalue weighted by atomic mass is 127. The van der Waals surface area contributed by atoms with Gasteiger partial charge < -0.3 is 19.8 Å². The standard InChI is InChI=1S/C18H26N4O2.HI/c1-4-23-11-5-10-20-18(19-3)21-12-16-13-24-17(22-16)15-8-6-14(2)7-9-15;/h6-9,13H,4-5,10-12H2,1-3H3,(H2,19,20,21);1H. The molecule has 0 spiro atoms. The summed E-state index contributed by atoms with van der Waals surface area (Å²) in [4.78, 5) is 8.70. The van der Waals surface area contributed by atoms with Gasteiger partial charge in [-0.25, -0.2) is 4.98 Å². The van der Waals surface area contributed by atoms with Gasteiger partial charge in [0.1, 0.15) is 6.26 Å². The van der Waals surface area contributed by atoms with Crippen molar-refractivity contribution in [2.24, 2.45) is 4.99 Å². The molecule has 0 aliphatic carbocycles. The maximum Gasteiger partial charge on any atom is 0.226 e. The molecular formula is C18H27IN4O2. The van der Waals surface area contributed by atoms with Crippen molar-refractivity contribution >= 4 is 29.9 Å². The summed E-state index contributed by atoms with van der Waals surface area (Å²) in [7, 11) is 1.75. The fourth-order valence-electron chi connectivity index (χ4n) is 2.14. The Balaban J connectivity index is 0.00000312. The SMILES string of the molecule is CCOCCCNC(=NC)NCc1coc(-c2ccc(C)cc2)n1.I. The number of benzene rings is 1. The van der Waals surface area contributed by atoms with Gasteiger partial charge in [0, 0.05) is 32.4 Å². The second-order valence-corrected chi connectivity index (χ2v) is 5.41. The van der Waals surface area contributed by atoms with Crippen LogP contribution in [0, 0.1) is 6.92 Å². The Morgan fingerprint density at radius 3 is 2.68 bits per heavy atom. The van der Waals surface area contributed by atoms with Gasteiger partial charge in [0.2, 0.25) is 5.89 Å². The molecule has 0 aliphatic heterocycles. The van der Waals surface area contributed by atoms with Gasteiger partial charge in [0.15, 0.2) is 5.96 Å². The van der Waals surface area contributed by atoms with E-state index in [1.807, 2.05) is 31.2 Å². The molecule has 2 N–H and O–H groups in total. The van der Waals surface area contributed by atoms with Crippen LogP contribution in [-0.2, 0) is 11.3 Å². The van der Waals surface area contributed by atoms with E-state index in [9.17, 15) is 0 Å². The number of aromatic nitrogens is 1. The molecule has 0 amide bonds. The number of aryl methyl sites for hydroxylation is 1. The van der Waals surface area contributed by atoms with Gasteiger partial charge in [-0.1, -0.05) is 17.7 Å². The van der Waals surface area contributed by atoms with Crippen molar-refractivity contribution in [1.82, 2.24) is 15.6 Å². The number of guanidine groups is 1. The predicted octanol–water partition coefficient (Wildman–Crippen LogP) is 3.36. The second-order valence-electron chi connectivity index (χ2n) is 5.41. The van der Waals surface area contributed by atoms with Crippen LogP contribution in [-0.4, -0.2) is 37.7 Å². The molecule has 0 radical (unpaired) electrons. The van der Waals surface area contributed by atoms with Crippen molar-refractivity contribution in [3.8, 4) is 11.5 Å². The zero-order chi connectivity index (χ0) is 17.2. The Morgan fingerprint density at radius 1 is 1.24 bits per heavy atom. The Hall–Kier alpha value is -1.61. The normalized spacial score (nSPS) is 11.1. The van der Waals surface area contributed by atoms with Crippen molar-refractivity contribution in [2.75, 3.05) is 26.8 Å². The van der Waals surface area contributed by atoms with Crippen LogP contribution in [0.25, 0.3) is 11.5 Å². The first kappa shape index (κ1) is 21.4. The molecule has 0 fully saturated rings. The fourth-order valence-corrected chi connectivity index (χ4v) is 2.14. The monoisotopic (exact) mass is 458 g/mol. The lowest BCUT2D eigenvalue weighted by Gasteiger charge is -2.10. The lowest BCUT2D eigenvalue weighted by Crippen LogP contribution is -2.37. The molecule has 0 atom stereocenters. The van der Waals surface area contributed by atoms with Crippen molar-refractivity contribution in [1.29, 1.82) is 0 Å². The van der Waals surface area contributed by atoms with Crippen LogP contribution in [0.15, 0.2) is 39.9 Å². The first-order valence-electron chi connectivity index (χ1n) is 8.26. The Labute approximate surface area is 166 Å². The van der Waals surface area contributed by atoms with Gasteiger partial charge in [0.05, 0.1) is 12.2 Å². The van der Waals surface area contributed by atoms with Crippen molar-refractivity contribution in [3.63, 3.8) is 0 Å². The van der Waals surface area contributed by atoms with E-state index in [2.05, 4.69) is 27.5 Å². The Kier molecular flexibility index (Phi) is 10.2. The zero-order valence-electron chi connectivity index (χ0n) is 15.0. The molecule has 7 heteroatoms. The molecule has 1 heterocycles. The van der Waals surface area contributed by atoms with E-state index in [4.69, 9.17) is 9.15 Å². The van der Waals surface area contributed by atoms with E-state index in [1.165, 1.54) is 5.56 Å². The van der Waals surface area contributed by atoms with E-state index >= 15 is 0 Å². The number of hydrogen-bond donors (Lipinski definition) is 2. The first-order valence-corrected chi connectivity index (χ1v) is 8.26. The number of hydrogen-bond acceptors (Lipinski definition) is 4. The third-order valence-electron chi connectivity index (χ3n) is 3.47. The molecule has 1 aromatic heterocycles. The molecule has 2 rings (SSSR count). The number of oxazole rings is 1. The van der Waals surface area contributed by atoms with Crippen molar-refractivity contribution < 1.29 is 9.15 Å². The van der Waals surface area contributed by atoms with Crippen LogP contribution in [0.2, 0.25) is 0 Å². The first-order chi connectivity index (χ1) is 11.7. The molecule has 138 valence electrons. The Morgan fingerprint density at radius 2 is 2.00 bits per heavy atom. The van der Waals surface area contributed by atoms with Gasteiger partial charge in [-0.05, 0) is 32.4 Å². The van der Waals surface area contributed by atoms with Crippen molar-refractivity contribution in [2.45, 2.75) is 26.8 Å². The van der Waals surface area contributed by atoms with Gasteiger partial charge >= 0.3 is 0 Å². The maximum atomic E-state index is 5.55. The molecule has 25 heavy (non-hydrogen) atoms. The summed E-state index contributed by atoms with van der Waals surface area (Å²) in [5.74, 6) is 1.37. The molecule has 0 saturated carbocycles. The highest BCUT2D eigenvalue weighted by Gasteiger charge is 2.07. The van der Waals surface area contributed by atoms with Gasteiger partial charge in [0.25, 0.3) is 0 Å². The predicted molar refractivity (Wildman–Crippen MR) is 111 cm³/mol. The van der Waals surface area contributed by atoms with Crippen LogP contribution in [0.5, 0.6) is 0 Å². The minimum atomic E-state index is 0. The minimum Gasteiger partial charge on any atom is -0.444 e. The third-order valence-corrected chi connectivity index (χ3v) is 3.47. The summed E-state index contributed by atoms with van der Waals surface area (Å²) < 4.78 is 10.9. The quantitative estimate of drug-likeness (QED) is 0.275. The summed E-state index contributed by atoms with van der Waals surface area (Å²) >= 11 is 0. The number of nitrogens with one attached hydrogen (secondary N) is 2. The number of rotatable bonds is 8. The van der Waals surface area contributed by atoms with E-state index in [-0.39, 0.29) is 24.0 Å². The molecular weight excluding hydrogens is 431 g/mol. The zero-order valence-corrected chi connectivity index (χ0v) is 17.4. The average Bonchev–Trinajstić information content (AvgIpc) is 3.07. The number of aliphatic imine (C=N–C) groups is 1. The van der Waals surface area contributed by atoms with E-state index in [0.717, 1.165) is 43.4 Å². The smallest absolute Gasteiger partial charge is 0.226 e. The molecule has 0 unspecified atom stereocenters. The number of halogens is 1. The Bertz CT molecular complexity index is 641. The minimum absolute atomic E-state index is 0. The van der Waals surface area contributed by atoms with Crippen LogP contribution in [0.3, 0.4) is 0 Å². The van der Waals surface area contributed by atoms with Gasteiger partial charge in [-0.15, -0.1) is 24.0 Å². The van der Waals surface area contributed by atoms with E-state index < -0.39 is 0 Å². The summed E-state index contributed by atoms with van der Waals surface area (Å²) in [6.45, 7) is 6.93. The van der Waals surface area contributed by atoms with Gasteiger partial charge in [-0.2, -0.15) is 0 Å².